The molecule has 1 aromatic carbocycles. The van der Waals surface area contributed by atoms with E-state index in [1.807, 2.05) is 41.8 Å². The van der Waals surface area contributed by atoms with Gasteiger partial charge in [-0.15, -0.1) is 11.3 Å². The average Bonchev–Trinajstić information content (AvgIpc) is 3.33. The lowest BCUT2D eigenvalue weighted by molar-refractivity contribution is -0.145. The minimum atomic E-state index is -1.33. The number of nitrogens with one attached hydrogen (secondary N) is 1. The van der Waals surface area contributed by atoms with Crippen LogP contribution in [0.5, 0.6) is 11.5 Å². The summed E-state index contributed by atoms with van der Waals surface area (Å²) in [6.07, 6.45) is 8.91. The molecule has 3 aromatic rings. The van der Waals surface area contributed by atoms with Gasteiger partial charge in [0, 0.05) is 41.7 Å². The van der Waals surface area contributed by atoms with Gasteiger partial charge in [0.05, 0.1) is 24.9 Å². The standard InChI is InChI=1S/C34H40N4O6S/c1-20(2)27-19-45-32(36-27)26-16-29(24-13-12-22(43-3)14-25(24)35-26)44-23-15-28-31(40)37-34(33(41)42)17-21(34)10-8-6-4-5-7-9-11-30(39)38(28)18-23/h8,10,12-14,16,19-21,23,28H,4-7,9,11,15,17-18H2,1-3H3,(H,37,40)(H,41,42). The molecule has 10 nitrogen and oxygen atoms in total. The van der Waals surface area contributed by atoms with Crippen molar-refractivity contribution in [2.24, 2.45) is 5.92 Å². The van der Waals surface area contributed by atoms with Crippen LogP contribution in [0.4, 0.5) is 0 Å². The number of rotatable bonds is 6. The normalized spacial score (nSPS) is 25.7. The van der Waals surface area contributed by atoms with Crippen molar-refractivity contribution in [2.45, 2.75) is 88.8 Å². The Balaban J connectivity index is 1.30. The zero-order valence-corrected chi connectivity index (χ0v) is 26.8. The van der Waals surface area contributed by atoms with Gasteiger partial charge in [0.25, 0.3) is 0 Å². The molecule has 0 spiro atoms. The topological polar surface area (TPSA) is 131 Å². The molecule has 4 heterocycles. The number of pyridine rings is 1. The molecule has 0 radical (unpaired) electrons. The molecule has 4 unspecified atom stereocenters. The number of hydrogen-bond acceptors (Lipinski definition) is 8. The van der Waals surface area contributed by atoms with Crippen molar-refractivity contribution in [3.05, 3.63) is 47.5 Å². The number of aliphatic carboxylic acids is 1. The van der Waals surface area contributed by atoms with E-state index < -0.39 is 29.6 Å². The fraction of sp³-hybridized carbons (Fsp3) is 0.500. The van der Waals surface area contributed by atoms with Crippen LogP contribution in [0, 0.1) is 5.92 Å². The zero-order chi connectivity index (χ0) is 31.7. The van der Waals surface area contributed by atoms with Crippen molar-refractivity contribution in [1.82, 2.24) is 20.2 Å². The van der Waals surface area contributed by atoms with Crippen LogP contribution in [0.3, 0.4) is 0 Å². The third-order valence-corrected chi connectivity index (χ3v) is 10.00. The molecule has 6 rings (SSSR count). The van der Waals surface area contributed by atoms with E-state index in [1.165, 1.54) is 11.3 Å². The van der Waals surface area contributed by atoms with Crippen LogP contribution < -0.4 is 14.8 Å². The summed E-state index contributed by atoms with van der Waals surface area (Å²) in [7, 11) is 1.61. The van der Waals surface area contributed by atoms with Crippen LogP contribution >= 0.6 is 11.3 Å². The Hall–Kier alpha value is -3.99. The van der Waals surface area contributed by atoms with Gasteiger partial charge in [-0.25, -0.2) is 14.8 Å². The van der Waals surface area contributed by atoms with Gasteiger partial charge in [-0.2, -0.15) is 0 Å². The minimum Gasteiger partial charge on any atom is -0.497 e. The molecule has 3 aliphatic rings. The third kappa shape index (κ3) is 6.40. The molecular formula is C34H40N4O6S. The number of amides is 2. The number of benzene rings is 1. The first-order chi connectivity index (χ1) is 21.7. The summed E-state index contributed by atoms with van der Waals surface area (Å²) in [5.41, 5.74) is 1.00. The van der Waals surface area contributed by atoms with Crippen LogP contribution in [0.1, 0.15) is 76.8 Å². The van der Waals surface area contributed by atoms with Crippen LogP contribution in [0.25, 0.3) is 21.6 Å². The second-order valence-electron chi connectivity index (χ2n) is 12.6. The Kier molecular flexibility index (Phi) is 8.81. The first-order valence-electron chi connectivity index (χ1n) is 15.8. The molecule has 1 saturated carbocycles. The van der Waals surface area contributed by atoms with E-state index >= 15 is 0 Å². The fourth-order valence-electron chi connectivity index (χ4n) is 6.33. The summed E-state index contributed by atoms with van der Waals surface area (Å²) in [5.74, 6) is -0.350. The van der Waals surface area contributed by atoms with E-state index in [1.54, 1.807) is 12.0 Å². The third-order valence-electron chi connectivity index (χ3n) is 9.11. The van der Waals surface area contributed by atoms with Gasteiger partial charge in [0.15, 0.2) is 0 Å². The van der Waals surface area contributed by atoms with E-state index in [9.17, 15) is 19.5 Å². The van der Waals surface area contributed by atoms with Crippen LogP contribution in [-0.2, 0) is 14.4 Å². The molecule has 4 atom stereocenters. The highest BCUT2D eigenvalue weighted by atomic mass is 32.1. The highest BCUT2D eigenvalue weighted by Gasteiger charge is 2.61. The number of fused-ring (bicyclic) bond motifs is 3. The predicted octanol–water partition coefficient (Wildman–Crippen LogP) is 5.71. The molecule has 0 bridgehead atoms. The predicted molar refractivity (Wildman–Crippen MR) is 171 cm³/mol. The zero-order valence-electron chi connectivity index (χ0n) is 26.0. The Bertz CT molecular complexity index is 1640. The van der Waals surface area contributed by atoms with E-state index in [4.69, 9.17) is 19.4 Å². The number of hydrogen-bond donors (Lipinski definition) is 2. The maximum atomic E-state index is 13.7. The highest BCUT2D eigenvalue weighted by Crippen LogP contribution is 2.45. The summed E-state index contributed by atoms with van der Waals surface area (Å²) in [6, 6.07) is 6.64. The Morgan fingerprint density at radius 2 is 1.98 bits per heavy atom. The van der Waals surface area contributed by atoms with Crippen LogP contribution in [0.15, 0.2) is 41.8 Å². The van der Waals surface area contributed by atoms with Gasteiger partial charge in [-0.3, -0.25) is 9.59 Å². The Morgan fingerprint density at radius 3 is 2.73 bits per heavy atom. The number of aromatic nitrogens is 2. The number of ether oxygens (including phenoxy) is 2. The van der Waals surface area contributed by atoms with E-state index in [2.05, 4.69) is 19.2 Å². The Morgan fingerprint density at radius 1 is 1.16 bits per heavy atom. The van der Waals surface area contributed by atoms with Crippen molar-refractivity contribution >= 4 is 40.0 Å². The van der Waals surface area contributed by atoms with E-state index in [0.717, 1.165) is 48.2 Å². The summed E-state index contributed by atoms with van der Waals surface area (Å²) in [4.78, 5) is 50.8. The lowest BCUT2D eigenvalue weighted by Gasteiger charge is -2.25. The number of carboxylic acids is 1. The molecule has 238 valence electrons. The first kappa shape index (κ1) is 31.0. The second-order valence-corrected chi connectivity index (χ2v) is 13.5. The molecule has 2 aliphatic heterocycles. The van der Waals surface area contributed by atoms with E-state index in [0.29, 0.717) is 35.6 Å². The maximum absolute atomic E-state index is 13.7. The molecule has 2 N–H and O–H groups in total. The molecule has 11 heteroatoms. The summed E-state index contributed by atoms with van der Waals surface area (Å²) < 4.78 is 12.1. The van der Waals surface area contributed by atoms with Gasteiger partial charge < -0.3 is 24.8 Å². The van der Waals surface area contributed by atoms with Gasteiger partial charge in [-0.05, 0) is 43.7 Å². The monoisotopic (exact) mass is 632 g/mol. The van der Waals surface area contributed by atoms with Gasteiger partial charge in [-0.1, -0.05) is 38.8 Å². The number of carbonyl (C=O) groups excluding carboxylic acids is 2. The molecule has 2 amide bonds. The molecular weight excluding hydrogens is 592 g/mol. The van der Waals surface area contributed by atoms with Gasteiger partial charge in [0.1, 0.15) is 39.9 Å². The first-order valence-corrected chi connectivity index (χ1v) is 16.7. The number of carbonyl (C=O) groups is 3. The van der Waals surface area contributed by atoms with Gasteiger partial charge >= 0.3 is 5.97 Å². The molecule has 2 fully saturated rings. The Labute approximate surface area is 266 Å². The minimum absolute atomic E-state index is 0.111. The summed E-state index contributed by atoms with van der Waals surface area (Å²) in [6.45, 7) is 4.42. The largest absolute Gasteiger partial charge is 0.497 e. The molecule has 2 aromatic heterocycles. The van der Waals surface area contributed by atoms with E-state index in [-0.39, 0.29) is 30.7 Å². The molecule has 45 heavy (non-hydrogen) atoms. The van der Waals surface area contributed by atoms with Crippen molar-refractivity contribution in [3.8, 4) is 22.2 Å². The molecule has 1 aliphatic carbocycles. The highest BCUT2D eigenvalue weighted by molar-refractivity contribution is 7.13. The number of allylic oxidation sites excluding steroid dienone is 1. The lowest BCUT2D eigenvalue weighted by atomic mass is 10.1. The smallest absolute Gasteiger partial charge is 0.330 e. The van der Waals surface area contributed by atoms with Crippen molar-refractivity contribution in [2.75, 3.05) is 13.7 Å². The lowest BCUT2D eigenvalue weighted by Crippen LogP contribution is -2.53. The van der Waals surface area contributed by atoms with Crippen molar-refractivity contribution in [1.29, 1.82) is 0 Å². The molecule has 1 saturated heterocycles. The number of nitrogens with zero attached hydrogens (tertiary/aromatic N) is 3. The second kappa shape index (κ2) is 12.8. The number of thiazole rings is 1. The summed E-state index contributed by atoms with van der Waals surface area (Å²) in [5, 5.41) is 16.5. The number of carboxylic acid groups (broad SMARTS) is 1. The summed E-state index contributed by atoms with van der Waals surface area (Å²) >= 11 is 1.52. The number of methoxy groups -OCH3 is 1. The van der Waals surface area contributed by atoms with Crippen molar-refractivity contribution < 1.29 is 29.0 Å². The average molecular weight is 633 g/mol. The maximum Gasteiger partial charge on any atom is 0.330 e. The fourth-order valence-corrected chi connectivity index (χ4v) is 7.27. The quantitative estimate of drug-likeness (QED) is 0.331. The van der Waals surface area contributed by atoms with Crippen LogP contribution in [0.2, 0.25) is 0 Å². The van der Waals surface area contributed by atoms with Gasteiger partial charge in [0.2, 0.25) is 11.8 Å². The van der Waals surface area contributed by atoms with Crippen molar-refractivity contribution in [3.63, 3.8) is 0 Å². The van der Waals surface area contributed by atoms with Crippen LogP contribution in [-0.4, -0.2) is 69.1 Å². The SMILES string of the molecule is COc1ccc2c(OC3CC4C(=O)NC5(C(=O)O)CC5C=CCCCCCCC(=O)N4C3)cc(-c3nc(C(C)C)cs3)nc2c1.